The number of pyridine rings is 1. The second-order valence-electron chi connectivity index (χ2n) is 4.54. The predicted octanol–water partition coefficient (Wildman–Crippen LogP) is 2.38. The zero-order chi connectivity index (χ0) is 12.3. The molecule has 0 amide bonds. The van der Waals surface area contributed by atoms with Crippen LogP contribution in [0.15, 0.2) is 18.3 Å². The van der Waals surface area contributed by atoms with Crippen LogP contribution >= 0.6 is 0 Å². The molecule has 0 atom stereocenters. The molecule has 1 saturated carbocycles. The Balaban J connectivity index is 2.34. The molecule has 4 heteroatoms. The van der Waals surface area contributed by atoms with Gasteiger partial charge in [-0.2, -0.15) is 0 Å². The first-order valence-corrected chi connectivity index (χ1v) is 5.93. The summed E-state index contributed by atoms with van der Waals surface area (Å²) < 4.78 is 4.99. The lowest BCUT2D eigenvalue weighted by Crippen LogP contribution is -2.37. The van der Waals surface area contributed by atoms with Crippen LogP contribution in [0.3, 0.4) is 0 Å². The number of methoxy groups -OCH3 is 1. The number of carboxylic acid groups (broad SMARTS) is 1. The molecule has 0 spiro atoms. The fourth-order valence-corrected chi connectivity index (χ4v) is 2.57. The molecule has 1 N–H and O–H groups in total. The van der Waals surface area contributed by atoms with E-state index < -0.39 is 11.4 Å². The molecule has 1 aliphatic carbocycles. The van der Waals surface area contributed by atoms with E-state index in [1.165, 1.54) is 0 Å². The second-order valence-corrected chi connectivity index (χ2v) is 4.54. The van der Waals surface area contributed by atoms with Crippen LogP contribution in [0.2, 0.25) is 0 Å². The predicted molar refractivity (Wildman–Crippen MR) is 63.2 cm³/mol. The van der Waals surface area contributed by atoms with Crippen LogP contribution in [0, 0.1) is 0 Å². The van der Waals surface area contributed by atoms with Crippen LogP contribution in [0.5, 0.6) is 5.88 Å². The third-order valence-electron chi connectivity index (χ3n) is 3.61. The molecule has 17 heavy (non-hydrogen) atoms. The molecule has 0 unspecified atom stereocenters. The fourth-order valence-electron chi connectivity index (χ4n) is 2.57. The third kappa shape index (κ3) is 2.12. The van der Waals surface area contributed by atoms with Gasteiger partial charge in [-0.3, -0.25) is 4.79 Å². The Morgan fingerprint density at radius 2 is 2.06 bits per heavy atom. The van der Waals surface area contributed by atoms with Crippen molar-refractivity contribution in [1.29, 1.82) is 0 Å². The minimum Gasteiger partial charge on any atom is -0.481 e. The van der Waals surface area contributed by atoms with Crippen LogP contribution in [-0.4, -0.2) is 23.2 Å². The minimum atomic E-state index is -0.739. The number of aliphatic carboxylic acids is 1. The summed E-state index contributed by atoms with van der Waals surface area (Å²) in [5.74, 6) is -0.214. The monoisotopic (exact) mass is 235 g/mol. The van der Waals surface area contributed by atoms with Crippen molar-refractivity contribution in [3.05, 3.63) is 23.9 Å². The molecule has 1 fully saturated rings. The Hall–Kier alpha value is -1.58. The maximum atomic E-state index is 11.6. The van der Waals surface area contributed by atoms with E-state index in [4.69, 9.17) is 4.74 Å². The summed E-state index contributed by atoms with van der Waals surface area (Å²) in [7, 11) is 1.55. The molecule has 1 aliphatic rings. The average molecular weight is 235 g/mol. The molecule has 0 bridgehead atoms. The van der Waals surface area contributed by atoms with Crippen LogP contribution in [0.25, 0.3) is 0 Å². The van der Waals surface area contributed by atoms with E-state index in [-0.39, 0.29) is 0 Å². The second kappa shape index (κ2) is 4.73. The van der Waals surface area contributed by atoms with Crippen molar-refractivity contribution in [2.45, 2.75) is 37.5 Å². The Morgan fingerprint density at radius 3 is 2.53 bits per heavy atom. The summed E-state index contributed by atoms with van der Waals surface area (Å²) in [6, 6.07) is 3.56. The molecule has 4 nitrogen and oxygen atoms in total. The molecule has 1 aromatic heterocycles. The van der Waals surface area contributed by atoms with Gasteiger partial charge in [0.05, 0.1) is 12.5 Å². The van der Waals surface area contributed by atoms with Crippen molar-refractivity contribution < 1.29 is 14.6 Å². The average Bonchev–Trinajstić information content (AvgIpc) is 2.39. The van der Waals surface area contributed by atoms with Crippen LogP contribution in [0.4, 0.5) is 0 Å². The van der Waals surface area contributed by atoms with Crippen molar-refractivity contribution in [2.75, 3.05) is 7.11 Å². The smallest absolute Gasteiger partial charge is 0.314 e. The summed E-state index contributed by atoms with van der Waals surface area (Å²) in [4.78, 5) is 15.7. The molecule has 0 aromatic carbocycles. The first-order valence-electron chi connectivity index (χ1n) is 5.93. The number of hydrogen-bond acceptors (Lipinski definition) is 3. The van der Waals surface area contributed by atoms with Gasteiger partial charge in [-0.25, -0.2) is 4.98 Å². The topological polar surface area (TPSA) is 59.4 Å². The number of nitrogens with zero attached hydrogens (tertiary/aromatic N) is 1. The van der Waals surface area contributed by atoms with Gasteiger partial charge in [0.15, 0.2) is 0 Å². The van der Waals surface area contributed by atoms with Gasteiger partial charge in [-0.1, -0.05) is 25.3 Å². The molecular weight excluding hydrogens is 218 g/mol. The number of rotatable bonds is 3. The van der Waals surface area contributed by atoms with Crippen LogP contribution < -0.4 is 4.74 Å². The quantitative estimate of drug-likeness (QED) is 0.873. The van der Waals surface area contributed by atoms with Gasteiger partial charge >= 0.3 is 5.97 Å². The maximum absolute atomic E-state index is 11.6. The van der Waals surface area contributed by atoms with E-state index in [9.17, 15) is 9.90 Å². The molecule has 2 rings (SSSR count). The molecule has 92 valence electrons. The van der Waals surface area contributed by atoms with E-state index >= 15 is 0 Å². The largest absolute Gasteiger partial charge is 0.481 e. The van der Waals surface area contributed by atoms with Gasteiger partial charge in [-0.05, 0) is 18.4 Å². The first-order chi connectivity index (χ1) is 8.19. The molecular formula is C13H17NO3. The summed E-state index contributed by atoms with van der Waals surface area (Å²) in [6.07, 6.45) is 6.11. The molecule has 1 aromatic rings. The minimum absolute atomic E-state index is 0.519. The van der Waals surface area contributed by atoms with Gasteiger partial charge < -0.3 is 9.84 Å². The zero-order valence-corrected chi connectivity index (χ0v) is 9.98. The lowest BCUT2D eigenvalue weighted by atomic mass is 9.70. The molecule has 1 heterocycles. The number of carboxylic acids is 1. The summed E-state index contributed by atoms with van der Waals surface area (Å²) in [5, 5.41) is 9.51. The summed E-state index contributed by atoms with van der Waals surface area (Å²) in [5.41, 5.74) is 0.0582. The highest BCUT2D eigenvalue weighted by Gasteiger charge is 2.41. The van der Waals surface area contributed by atoms with Gasteiger partial charge in [0.2, 0.25) is 5.88 Å². The van der Waals surface area contributed by atoms with Crippen LogP contribution in [-0.2, 0) is 10.2 Å². The van der Waals surface area contributed by atoms with Gasteiger partial charge in [0.25, 0.3) is 0 Å². The van der Waals surface area contributed by atoms with Crippen molar-refractivity contribution in [2.24, 2.45) is 0 Å². The Bertz CT molecular complexity index is 394. The normalized spacial score (nSPS) is 18.6. The lowest BCUT2D eigenvalue weighted by molar-refractivity contribution is -0.145. The Labute approximate surface area is 101 Å². The van der Waals surface area contributed by atoms with Crippen molar-refractivity contribution >= 4 is 5.97 Å². The van der Waals surface area contributed by atoms with E-state index in [0.717, 1.165) is 24.8 Å². The van der Waals surface area contributed by atoms with E-state index in [2.05, 4.69) is 4.98 Å². The number of carbonyl (C=O) groups is 1. The van der Waals surface area contributed by atoms with E-state index in [1.807, 2.05) is 6.07 Å². The molecule has 0 radical (unpaired) electrons. The summed E-state index contributed by atoms with van der Waals surface area (Å²) >= 11 is 0. The van der Waals surface area contributed by atoms with Gasteiger partial charge in [0, 0.05) is 12.3 Å². The molecule has 0 aliphatic heterocycles. The highest BCUT2D eigenvalue weighted by atomic mass is 16.5. The zero-order valence-electron chi connectivity index (χ0n) is 9.98. The van der Waals surface area contributed by atoms with Crippen molar-refractivity contribution in [3.8, 4) is 5.88 Å². The van der Waals surface area contributed by atoms with Gasteiger partial charge in [-0.15, -0.1) is 0 Å². The van der Waals surface area contributed by atoms with Crippen LogP contribution in [0.1, 0.15) is 37.7 Å². The third-order valence-corrected chi connectivity index (χ3v) is 3.61. The maximum Gasteiger partial charge on any atom is 0.314 e. The van der Waals surface area contributed by atoms with Crippen molar-refractivity contribution in [1.82, 2.24) is 4.98 Å². The SMILES string of the molecule is COc1ccc(C2(C(=O)O)CCCCC2)cn1. The summed E-state index contributed by atoms with van der Waals surface area (Å²) in [6.45, 7) is 0. The lowest BCUT2D eigenvalue weighted by Gasteiger charge is -2.33. The molecule has 0 saturated heterocycles. The fraction of sp³-hybridized carbons (Fsp3) is 0.538. The Morgan fingerprint density at radius 1 is 1.35 bits per heavy atom. The standard InChI is InChI=1S/C13H17NO3/c1-17-11-6-5-10(9-14-11)13(12(15)16)7-3-2-4-8-13/h5-6,9H,2-4,7-8H2,1H3,(H,15,16). The van der Waals surface area contributed by atoms with E-state index in [0.29, 0.717) is 18.7 Å². The number of aromatic nitrogens is 1. The Kier molecular flexibility index (Phi) is 3.31. The number of ether oxygens (including phenoxy) is 1. The number of hydrogen-bond donors (Lipinski definition) is 1. The highest BCUT2D eigenvalue weighted by molar-refractivity contribution is 5.81. The van der Waals surface area contributed by atoms with E-state index in [1.54, 1.807) is 19.4 Å². The van der Waals surface area contributed by atoms with Gasteiger partial charge in [0.1, 0.15) is 0 Å². The van der Waals surface area contributed by atoms with Crippen molar-refractivity contribution in [3.63, 3.8) is 0 Å². The first kappa shape index (κ1) is 11.9. The highest BCUT2D eigenvalue weighted by Crippen LogP contribution is 2.39.